The number of nitrogens with two attached hydrogens (primary N) is 1. The van der Waals surface area contributed by atoms with E-state index in [1.54, 1.807) is 19.1 Å². The van der Waals surface area contributed by atoms with Crippen molar-refractivity contribution in [2.45, 2.75) is 18.2 Å². The van der Waals surface area contributed by atoms with Gasteiger partial charge in [-0.15, -0.1) is 0 Å². The number of aryl methyl sites for hydroxylation is 1. The second-order valence-corrected chi connectivity index (χ2v) is 4.42. The van der Waals surface area contributed by atoms with Gasteiger partial charge in [0.1, 0.15) is 0 Å². The van der Waals surface area contributed by atoms with Crippen molar-refractivity contribution < 1.29 is 13.0 Å². The van der Waals surface area contributed by atoms with E-state index in [2.05, 4.69) is 0 Å². The molecular formula is C9H11F2NOS. The Bertz CT molecular complexity index is 355. The Kier molecular flexibility index (Phi) is 3.57. The fourth-order valence-electron chi connectivity index (χ4n) is 1.00. The average Bonchev–Trinajstić information content (AvgIpc) is 2.08. The summed E-state index contributed by atoms with van der Waals surface area (Å²) in [6.07, 6.45) is -2.55. The molecule has 2 N–H and O–H groups in total. The molecule has 0 aliphatic heterocycles. The molecule has 0 heterocycles. The highest BCUT2D eigenvalue weighted by atomic mass is 32.2. The first-order valence-corrected chi connectivity index (χ1v) is 5.35. The fraction of sp³-hybridized carbons (Fsp3) is 0.333. The number of nitrogen functional groups attached to an aromatic ring is 1. The predicted molar refractivity (Wildman–Crippen MR) is 52.9 cm³/mol. The lowest BCUT2D eigenvalue weighted by Gasteiger charge is -2.04. The second-order valence-electron chi connectivity index (χ2n) is 2.92. The molecular weight excluding hydrogens is 208 g/mol. The Balaban J connectivity index is 2.86. The molecule has 14 heavy (non-hydrogen) atoms. The number of alkyl halides is 2. The lowest BCUT2D eigenvalue weighted by Crippen LogP contribution is -2.07. The summed E-state index contributed by atoms with van der Waals surface area (Å²) < 4.78 is 35.2. The Hall–Kier alpha value is -0.970. The van der Waals surface area contributed by atoms with Crippen molar-refractivity contribution in [2.24, 2.45) is 0 Å². The van der Waals surface area contributed by atoms with Gasteiger partial charge in [-0.05, 0) is 30.7 Å². The topological polar surface area (TPSA) is 43.1 Å². The van der Waals surface area contributed by atoms with Gasteiger partial charge >= 0.3 is 0 Å². The molecule has 0 radical (unpaired) electrons. The SMILES string of the molecule is Cc1cc(S(=O)CC(F)F)ccc1N. The maximum absolute atomic E-state index is 11.9. The van der Waals surface area contributed by atoms with Crippen molar-refractivity contribution in [1.82, 2.24) is 0 Å². The average molecular weight is 219 g/mol. The lowest BCUT2D eigenvalue weighted by molar-refractivity contribution is 0.175. The van der Waals surface area contributed by atoms with Crippen molar-refractivity contribution >= 4 is 16.5 Å². The van der Waals surface area contributed by atoms with Crippen LogP contribution >= 0.6 is 0 Å². The summed E-state index contributed by atoms with van der Waals surface area (Å²) in [7, 11) is -1.64. The van der Waals surface area contributed by atoms with Crippen molar-refractivity contribution in [3.63, 3.8) is 0 Å². The molecule has 0 saturated carbocycles. The Morgan fingerprint density at radius 1 is 1.50 bits per heavy atom. The number of hydrogen-bond donors (Lipinski definition) is 1. The van der Waals surface area contributed by atoms with Crippen LogP contribution in [0.15, 0.2) is 23.1 Å². The van der Waals surface area contributed by atoms with E-state index in [0.717, 1.165) is 5.56 Å². The van der Waals surface area contributed by atoms with Gasteiger partial charge in [-0.2, -0.15) is 0 Å². The van der Waals surface area contributed by atoms with Crippen LogP contribution in [0.5, 0.6) is 0 Å². The molecule has 0 amide bonds. The number of hydrogen-bond acceptors (Lipinski definition) is 2. The molecule has 1 atom stereocenters. The maximum atomic E-state index is 11.9. The molecule has 1 rings (SSSR count). The van der Waals surface area contributed by atoms with E-state index in [-0.39, 0.29) is 0 Å². The van der Waals surface area contributed by atoms with Crippen LogP contribution in [0.4, 0.5) is 14.5 Å². The first-order chi connectivity index (χ1) is 6.50. The summed E-state index contributed by atoms with van der Waals surface area (Å²) in [6, 6.07) is 4.67. The molecule has 1 unspecified atom stereocenters. The number of halogens is 2. The Morgan fingerprint density at radius 3 is 2.64 bits per heavy atom. The maximum Gasteiger partial charge on any atom is 0.250 e. The van der Waals surface area contributed by atoms with E-state index in [9.17, 15) is 13.0 Å². The van der Waals surface area contributed by atoms with Gasteiger partial charge in [-0.1, -0.05) is 0 Å². The minimum absolute atomic E-state index is 0.400. The molecule has 78 valence electrons. The molecule has 0 saturated heterocycles. The van der Waals surface area contributed by atoms with Crippen molar-refractivity contribution in [3.8, 4) is 0 Å². The van der Waals surface area contributed by atoms with Gasteiger partial charge in [0, 0.05) is 10.6 Å². The summed E-state index contributed by atoms with van der Waals surface area (Å²) in [6.45, 7) is 1.75. The highest BCUT2D eigenvalue weighted by Gasteiger charge is 2.11. The van der Waals surface area contributed by atoms with Gasteiger partial charge in [0.2, 0.25) is 6.43 Å². The molecule has 2 nitrogen and oxygen atoms in total. The third-order valence-corrected chi connectivity index (χ3v) is 3.12. The largest absolute Gasteiger partial charge is 0.399 e. The molecule has 5 heteroatoms. The summed E-state index contributed by atoms with van der Waals surface area (Å²) in [5.74, 6) is -0.622. The molecule has 0 aliphatic carbocycles. The van der Waals surface area contributed by atoms with Crippen LogP contribution in [-0.4, -0.2) is 16.4 Å². The minimum Gasteiger partial charge on any atom is -0.399 e. The molecule has 0 fully saturated rings. The monoisotopic (exact) mass is 219 g/mol. The zero-order valence-corrected chi connectivity index (χ0v) is 8.48. The molecule has 0 spiro atoms. The fourth-order valence-corrected chi connectivity index (χ4v) is 1.95. The third-order valence-electron chi connectivity index (χ3n) is 1.78. The second kappa shape index (κ2) is 4.50. The van der Waals surface area contributed by atoms with Gasteiger partial charge < -0.3 is 5.73 Å². The first-order valence-electron chi connectivity index (χ1n) is 4.03. The quantitative estimate of drug-likeness (QED) is 0.789. The number of anilines is 1. The van der Waals surface area contributed by atoms with Crippen molar-refractivity contribution in [1.29, 1.82) is 0 Å². The predicted octanol–water partition coefficient (Wildman–Crippen LogP) is 1.95. The summed E-state index contributed by atoms with van der Waals surface area (Å²) in [5, 5.41) is 0. The van der Waals surface area contributed by atoms with Gasteiger partial charge in [0.15, 0.2) is 0 Å². The molecule has 0 aromatic heterocycles. The minimum atomic E-state index is -2.55. The smallest absolute Gasteiger partial charge is 0.250 e. The number of rotatable bonds is 3. The van der Waals surface area contributed by atoms with Crippen molar-refractivity contribution in [3.05, 3.63) is 23.8 Å². The van der Waals surface area contributed by atoms with Crippen LogP contribution in [0.3, 0.4) is 0 Å². The van der Waals surface area contributed by atoms with E-state index in [1.165, 1.54) is 6.07 Å². The third kappa shape index (κ3) is 2.77. The molecule has 0 aliphatic rings. The highest BCUT2D eigenvalue weighted by molar-refractivity contribution is 7.85. The van der Waals surface area contributed by atoms with E-state index in [0.29, 0.717) is 10.6 Å². The van der Waals surface area contributed by atoms with E-state index in [1.807, 2.05) is 0 Å². The Morgan fingerprint density at radius 2 is 2.14 bits per heavy atom. The number of benzene rings is 1. The molecule has 1 aromatic carbocycles. The first kappa shape index (κ1) is 11.1. The van der Waals surface area contributed by atoms with Gasteiger partial charge in [-0.25, -0.2) is 8.78 Å². The van der Waals surface area contributed by atoms with Crippen LogP contribution in [-0.2, 0) is 10.8 Å². The van der Waals surface area contributed by atoms with Crippen LogP contribution in [0, 0.1) is 6.92 Å². The van der Waals surface area contributed by atoms with E-state index in [4.69, 9.17) is 5.73 Å². The van der Waals surface area contributed by atoms with E-state index >= 15 is 0 Å². The summed E-state index contributed by atoms with van der Waals surface area (Å²) >= 11 is 0. The molecule has 1 aromatic rings. The van der Waals surface area contributed by atoms with Crippen molar-refractivity contribution in [2.75, 3.05) is 11.5 Å². The van der Waals surface area contributed by atoms with E-state index < -0.39 is 23.0 Å². The Labute approximate surface area is 83.6 Å². The zero-order chi connectivity index (χ0) is 10.7. The van der Waals surface area contributed by atoms with Gasteiger partial charge in [0.25, 0.3) is 0 Å². The summed E-state index contributed by atoms with van der Waals surface area (Å²) in [4.78, 5) is 0.400. The van der Waals surface area contributed by atoms with Crippen LogP contribution in [0.1, 0.15) is 5.56 Å². The standard InChI is InChI=1S/C9H11F2NOS/c1-6-4-7(2-3-8(6)12)14(13)5-9(10)11/h2-4,9H,5,12H2,1H3. The van der Waals surface area contributed by atoms with Crippen LogP contribution in [0.25, 0.3) is 0 Å². The normalized spacial score (nSPS) is 13.1. The lowest BCUT2D eigenvalue weighted by atomic mass is 10.2. The molecule has 0 bridgehead atoms. The highest BCUT2D eigenvalue weighted by Crippen LogP contribution is 2.16. The summed E-state index contributed by atoms with van der Waals surface area (Å²) in [5.41, 5.74) is 6.87. The van der Waals surface area contributed by atoms with Crippen LogP contribution in [0.2, 0.25) is 0 Å². The zero-order valence-electron chi connectivity index (χ0n) is 7.67. The van der Waals surface area contributed by atoms with Gasteiger partial charge in [0.05, 0.1) is 16.6 Å². The van der Waals surface area contributed by atoms with Crippen LogP contribution < -0.4 is 5.73 Å². The van der Waals surface area contributed by atoms with Gasteiger partial charge in [-0.3, -0.25) is 4.21 Å².